The topological polar surface area (TPSA) is 137 Å². The molecule has 0 radical (unpaired) electrons. The van der Waals surface area contributed by atoms with Gasteiger partial charge in [-0.15, -0.1) is 0 Å². The van der Waals surface area contributed by atoms with Gasteiger partial charge in [0.25, 0.3) is 0 Å². The molecule has 11 heteroatoms. The van der Waals surface area contributed by atoms with Crippen LogP contribution in [0.15, 0.2) is 59.4 Å². The second-order valence-corrected chi connectivity index (χ2v) is 10.7. The fourth-order valence-corrected chi connectivity index (χ4v) is 4.90. The number of nitrogen functional groups attached to an aromatic ring is 1. The van der Waals surface area contributed by atoms with Crippen molar-refractivity contribution in [2.45, 2.75) is 45.3 Å². The second kappa shape index (κ2) is 9.57. The van der Waals surface area contributed by atoms with Gasteiger partial charge in [-0.2, -0.15) is 5.10 Å². The maximum Gasteiger partial charge on any atom is 0.410 e. The van der Waals surface area contributed by atoms with Crippen molar-refractivity contribution in [3.05, 3.63) is 54.9 Å². The third-order valence-electron chi connectivity index (χ3n) is 6.78. The minimum atomic E-state index is -0.524. The Morgan fingerprint density at radius 3 is 2.56 bits per heavy atom. The Balaban J connectivity index is 1.25. The summed E-state index contributed by atoms with van der Waals surface area (Å²) in [4.78, 5) is 23.0. The molecule has 0 bridgehead atoms. The van der Waals surface area contributed by atoms with E-state index in [0.717, 1.165) is 46.1 Å². The average Bonchev–Trinajstić information content (AvgIpc) is 3.51. The fraction of sp³-hybridized carbons (Fsp3) is 0.321. The molecule has 3 N–H and O–H groups in total. The first kappa shape index (κ1) is 24.7. The van der Waals surface area contributed by atoms with Gasteiger partial charge in [0.05, 0.1) is 16.8 Å². The Hall–Kier alpha value is -4.67. The van der Waals surface area contributed by atoms with Gasteiger partial charge in [0, 0.05) is 24.3 Å². The normalized spacial score (nSPS) is 14.7. The molecule has 3 aromatic heterocycles. The number of hydrogen-bond donors (Lipinski definition) is 2. The molecule has 4 heterocycles. The summed E-state index contributed by atoms with van der Waals surface area (Å²) in [5.74, 6) is 1.03. The number of carbonyl (C=O) groups excluding carboxylic acids is 1. The van der Waals surface area contributed by atoms with Crippen LogP contribution in [0, 0.1) is 0 Å². The summed E-state index contributed by atoms with van der Waals surface area (Å²) < 4.78 is 12.9. The molecule has 0 atom stereocenters. The van der Waals surface area contributed by atoms with E-state index in [4.69, 9.17) is 20.1 Å². The molecule has 11 nitrogen and oxygen atoms in total. The third kappa shape index (κ3) is 4.83. The lowest BCUT2D eigenvalue weighted by atomic mass is 10.1. The smallest absolute Gasteiger partial charge is 0.410 e. The molecule has 0 aliphatic carbocycles. The standard InChI is InChI=1S/C28H30N8O3/c1-28(2,3)38-27(37)35-14-12-19(13-15-35)36-26-22(24(29)30-16-31-26)23(33-36)17-8-10-18(11-9-17)32-25-20-6-4-5-7-21(20)39-34-25/h4-11,16,19H,12-15H2,1-3H3,(H,32,34)(H2,29,30,31). The molecule has 200 valence electrons. The summed E-state index contributed by atoms with van der Waals surface area (Å²) in [7, 11) is 0. The predicted molar refractivity (Wildman–Crippen MR) is 149 cm³/mol. The Morgan fingerprint density at radius 2 is 1.82 bits per heavy atom. The van der Waals surface area contributed by atoms with Crippen LogP contribution in [0.2, 0.25) is 0 Å². The molecular weight excluding hydrogens is 496 g/mol. The highest BCUT2D eigenvalue weighted by atomic mass is 16.6. The number of ether oxygens (including phenoxy) is 1. The van der Waals surface area contributed by atoms with Crippen LogP contribution in [-0.2, 0) is 4.74 Å². The van der Waals surface area contributed by atoms with Crippen molar-refractivity contribution in [2.75, 3.05) is 24.1 Å². The van der Waals surface area contributed by atoms with E-state index in [1.165, 1.54) is 6.33 Å². The molecule has 1 aliphatic heterocycles. The first-order chi connectivity index (χ1) is 18.8. The van der Waals surface area contributed by atoms with Crippen LogP contribution in [0.4, 0.5) is 22.1 Å². The first-order valence-electron chi connectivity index (χ1n) is 13.0. The van der Waals surface area contributed by atoms with Crippen LogP contribution in [0.25, 0.3) is 33.3 Å². The fourth-order valence-electron chi connectivity index (χ4n) is 4.90. The largest absolute Gasteiger partial charge is 0.444 e. The zero-order chi connectivity index (χ0) is 27.1. The molecule has 6 rings (SSSR count). The Kier molecular flexibility index (Phi) is 6.05. The van der Waals surface area contributed by atoms with E-state index in [-0.39, 0.29) is 12.1 Å². The van der Waals surface area contributed by atoms with Crippen LogP contribution >= 0.6 is 0 Å². The number of aromatic nitrogens is 5. The molecule has 2 aromatic carbocycles. The summed E-state index contributed by atoms with van der Waals surface area (Å²) >= 11 is 0. The Morgan fingerprint density at radius 1 is 1.08 bits per heavy atom. The molecule has 5 aromatic rings. The molecule has 1 aliphatic rings. The highest BCUT2D eigenvalue weighted by Crippen LogP contribution is 2.35. The Bertz CT molecular complexity index is 1640. The van der Waals surface area contributed by atoms with Crippen molar-refractivity contribution in [1.29, 1.82) is 0 Å². The van der Waals surface area contributed by atoms with Gasteiger partial charge < -0.3 is 25.2 Å². The van der Waals surface area contributed by atoms with Crippen LogP contribution in [-0.4, -0.2) is 54.6 Å². The zero-order valence-corrected chi connectivity index (χ0v) is 22.1. The monoisotopic (exact) mass is 526 g/mol. The van der Waals surface area contributed by atoms with Crippen molar-refractivity contribution >= 4 is 45.4 Å². The average molecular weight is 527 g/mol. The van der Waals surface area contributed by atoms with E-state index >= 15 is 0 Å². The number of nitrogens with zero attached hydrogens (tertiary/aromatic N) is 6. The quantitative estimate of drug-likeness (QED) is 0.309. The van der Waals surface area contributed by atoms with Gasteiger partial charge in [-0.25, -0.2) is 19.4 Å². The lowest BCUT2D eigenvalue weighted by Crippen LogP contribution is -2.42. The summed E-state index contributed by atoms with van der Waals surface area (Å²) in [5.41, 5.74) is 9.68. The lowest BCUT2D eigenvalue weighted by Gasteiger charge is -2.33. The maximum absolute atomic E-state index is 12.5. The molecule has 0 saturated carbocycles. The number of piperidine rings is 1. The number of nitrogens with two attached hydrogens (primary N) is 1. The summed E-state index contributed by atoms with van der Waals surface area (Å²) in [6.07, 6.45) is 2.64. The third-order valence-corrected chi connectivity index (χ3v) is 6.78. The van der Waals surface area contributed by atoms with Crippen molar-refractivity contribution in [1.82, 2.24) is 29.8 Å². The number of fused-ring (bicyclic) bond motifs is 2. The molecule has 0 unspecified atom stereocenters. The van der Waals surface area contributed by atoms with E-state index in [0.29, 0.717) is 30.4 Å². The number of benzene rings is 2. The van der Waals surface area contributed by atoms with Gasteiger partial charge in [-0.3, -0.25) is 0 Å². The highest BCUT2D eigenvalue weighted by Gasteiger charge is 2.30. The van der Waals surface area contributed by atoms with Crippen LogP contribution in [0.3, 0.4) is 0 Å². The molecule has 1 saturated heterocycles. The highest BCUT2D eigenvalue weighted by molar-refractivity contribution is 5.98. The van der Waals surface area contributed by atoms with Crippen LogP contribution in [0.1, 0.15) is 39.7 Å². The second-order valence-electron chi connectivity index (χ2n) is 10.7. The van der Waals surface area contributed by atoms with E-state index < -0.39 is 5.60 Å². The van der Waals surface area contributed by atoms with Gasteiger partial charge in [-0.1, -0.05) is 29.4 Å². The molecule has 0 spiro atoms. The van der Waals surface area contributed by atoms with Gasteiger partial charge in [-0.05, 0) is 57.9 Å². The van der Waals surface area contributed by atoms with Gasteiger partial charge in [0.15, 0.2) is 17.0 Å². The number of amides is 1. The van der Waals surface area contributed by atoms with E-state index in [9.17, 15) is 4.79 Å². The van der Waals surface area contributed by atoms with Crippen LogP contribution < -0.4 is 11.1 Å². The van der Waals surface area contributed by atoms with Crippen molar-refractivity contribution in [3.63, 3.8) is 0 Å². The van der Waals surface area contributed by atoms with Crippen LogP contribution in [0.5, 0.6) is 0 Å². The SMILES string of the molecule is CC(C)(C)OC(=O)N1CCC(n2nc(-c3ccc(Nc4noc5ccccc45)cc3)c3c(N)ncnc32)CC1. The van der Waals surface area contributed by atoms with Gasteiger partial charge in [0.1, 0.15) is 23.4 Å². The maximum atomic E-state index is 12.5. The lowest BCUT2D eigenvalue weighted by molar-refractivity contribution is 0.0186. The summed E-state index contributed by atoms with van der Waals surface area (Å²) in [5, 5.41) is 14.1. The van der Waals surface area contributed by atoms with E-state index in [2.05, 4.69) is 20.4 Å². The van der Waals surface area contributed by atoms with Gasteiger partial charge >= 0.3 is 6.09 Å². The van der Waals surface area contributed by atoms with E-state index in [1.54, 1.807) is 4.90 Å². The number of hydrogen-bond acceptors (Lipinski definition) is 9. The zero-order valence-electron chi connectivity index (χ0n) is 22.1. The first-order valence-corrected chi connectivity index (χ1v) is 13.0. The van der Waals surface area contributed by atoms with Gasteiger partial charge in [0.2, 0.25) is 0 Å². The number of anilines is 3. The van der Waals surface area contributed by atoms with Crippen molar-refractivity contribution in [3.8, 4) is 11.3 Å². The molecule has 1 amide bonds. The molecular formula is C28H30N8O3. The number of carbonyl (C=O) groups is 1. The molecule has 1 fully saturated rings. The predicted octanol–water partition coefficient (Wildman–Crippen LogP) is 5.53. The van der Waals surface area contributed by atoms with E-state index in [1.807, 2.05) is 74.0 Å². The Labute approximate surface area is 224 Å². The summed E-state index contributed by atoms with van der Waals surface area (Å²) in [6.45, 7) is 6.77. The minimum absolute atomic E-state index is 0.0654. The van der Waals surface area contributed by atoms with Crippen molar-refractivity contribution in [2.24, 2.45) is 0 Å². The number of likely N-dealkylation sites (tertiary alicyclic amines) is 1. The number of nitrogens with one attached hydrogen (secondary N) is 1. The van der Waals surface area contributed by atoms with Crippen molar-refractivity contribution < 1.29 is 14.1 Å². The molecule has 39 heavy (non-hydrogen) atoms. The summed E-state index contributed by atoms with van der Waals surface area (Å²) in [6, 6.07) is 15.6. The number of rotatable bonds is 4. The minimum Gasteiger partial charge on any atom is -0.444 e. The number of para-hydroxylation sites is 1.